The van der Waals surface area contributed by atoms with Gasteiger partial charge < -0.3 is 10.6 Å². The summed E-state index contributed by atoms with van der Waals surface area (Å²) in [6.45, 7) is 7.74. The van der Waals surface area contributed by atoms with Crippen molar-refractivity contribution in [3.63, 3.8) is 0 Å². The largest absolute Gasteiger partial charge is 0.329 e. The first kappa shape index (κ1) is 12.9. The molecule has 1 aliphatic rings. The molecule has 0 aromatic carbocycles. The van der Waals surface area contributed by atoms with Gasteiger partial charge in [-0.15, -0.1) is 0 Å². The highest BCUT2D eigenvalue weighted by Gasteiger charge is 2.26. The fraction of sp³-hybridized carbons (Fsp3) is 1.00. The summed E-state index contributed by atoms with van der Waals surface area (Å²) in [4.78, 5) is 4.93. The van der Waals surface area contributed by atoms with Gasteiger partial charge in [0, 0.05) is 25.2 Å². The van der Waals surface area contributed by atoms with E-state index in [4.69, 9.17) is 5.73 Å². The van der Waals surface area contributed by atoms with Crippen LogP contribution >= 0.6 is 0 Å². The number of likely N-dealkylation sites (tertiary alicyclic amines) is 1. The van der Waals surface area contributed by atoms with Crippen molar-refractivity contribution in [2.75, 3.05) is 33.7 Å². The molecule has 15 heavy (non-hydrogen) atoms. The summed E-state index contributed by atoms with van der Waals surface area (Å²) in [7, 11) is 4.45. The molecule has 3 nitrogen and oxygen atoms in total. The van der Waals surface area contributed by atoms with Crippen molar-refractivity contribution < 1.29 is 0 Å². The summed E-state index contributed by atoms with van der Waals surface area (Å²) < 4.78 is 0. The van der Waals surface area contributed by atoms with Crippen LogP contribution in [0.5, 0.6) is 0 Å². The standard InChI is InChI=1S/C12H27N3/c1-10(2)12(8-13)15(4)11-6-5-7-14(3)9-11/h10-12H,5-9,13H2,1-4H3. The Morgan fingerprint density at radius 3 is 2.60 bits per heavy atom. The van der Waals surface area contributed by atoms with Gasteiger partial charge in [-0.25, -0.2) is 0 Å². The van der Waals surface area contributed by atoms with Crippen LogP contribution in [0, 0.1) is 5.92 Å². The Kier molecular flexibility index (Phi) is 5.03. The van der Waals surface area contributed by atoms with Crippen LogP contribution in [-0.4, -0.2) is 55.6 Å². The second-order valence-electron chi connectivity index (χ2n) is 5.27. The van der Waals surface area contributed by atoms with Crippen molar-refractivity contribution in [2.45, 2.75) is 38.8 Å². The molecule has 0 radical (unpaired) electrons. The Labute approximate surface area is 94.6 Å². The van der Waals surface area contributed by atoms with Crippen LogP contribution in [0.1, 0.15) is 26.7 Å². The molecule has 0 aliphatic carbocycles. The van der Waals surface area contributed by atoms with Gasteiger partial charge >= 0.3 is 0 Å². The lowest BCUT2D eigenvalue weighted by Gasteiger charge is -2.41. The Morgan fingerprint density at radius 2 is 2.13 bits per heavy atom. The van der Waals surface area contributed by atoms with Crippen LogP contribution in [0.2, 0.25) is 0 Å². The molecule has 2 N–H and O–H groups in total. The lowest BCUT2D eigenvalue weighted by Crippen LogP contribution is -2.52. The molecule has 1 fully saturated rings. The first-order valence-electron chi connectivity index (χ1n) is 6.16. The maximum atomic E-state index is 5.86. The van der Waals surface area contributed by atoms with Crippen molar-refractivity contribution in [1.29, 1.82) is 0 Å². The lowest BCUT2D eigenvalue weighted by atomic mass is 9.98. The van der Waals surface area contributed by atoms with Crippen molar-refractivity contribution in [2.24, 2.45) is 11.7 Å². The van der Waals surface area contributed by atoms with Gasteiger partial charge in [0.1, 0.15) is 0 Å². The van der Waals surface area contributed by atoms with E-state index < -0.39 is 0 Å². The summed E-state index contributed by atoms with van der Waals surface area (Å²) >= 11 is 0. The average Bonchev–Trinajstić information content (AvgIpc) is 2.18. The third-order valence-corrected chi connectivity index (χ3v) is 3.71. The Balaban J connectivity index is 2.53. The summed E-state index contributed by atoms with van der Waals surface area (Å²) in [5, 5.41) is 0. The quantitative estimate of drug-likeness (QED) is 0.756. The van der Waals surface area contributed by atoms with Gasteiger partial charge in [-0.3, -0.25) is 4.90 Å². The average molecular weight is 213 g/mol. The van der Waals surface area contributed by atoms with E-state index in [1.54, 1.807) is 0 Å². The van der Waals surface area contributed by atoms with Gasteiger partial charge in [-0.1, -0.05) is 13.8 Å². The number of piperidine rings is 1. The number of hydrogen-bond acceptors (Lipinski definition) is 3. The molecule has 2 atom stereocenters. The van der Waals surface area contributed by atoms with Crippen LogP contribution < -0.4 is 5.73 Å². The fourth-order valence-electron chi connectivity index (χ4n) is 2.65. The number of hydrogen-bond donors (Lipinski definition) is 1. The van der Waals surface area contributed by atoms with Gasteiger partial charge in [0.05, 0.1) is 0 Å². The summed E-state index contributed by atoms with van der Waals surface area (Å²) in [5.74, 6) is 0.646. The molecule has 1 rings (SSSR count). The molecule has 0 bridgehead atoms. The fourth-order valence-corrected chi connectivity index (χ4v) is 2.65. The predicted molar refractivity (Wildman–Crippen MR) is 66.0 cm³/mol. The highest BCUT2D eigenvalue weighted by molar-refractivity contribution is 4.83. The second kappa shape index (κ2) is 5.83. The van der Waals surface area contributed by atoms with Gasteiger partial charge in [0.25, 0.3) is 0 Å². The van der Waals surface area contributed by atoms with Crippen LogP contribution in [-0.2, 0) is 0 Å². The molecular formula is C12H27N3. The summed E-state index contributed by atoms with van der Waals surface area (Å²) in [6, 6.07) is 1.22. The number of nitrogens with zero attached hydrogens (tertiary/aromatic N) is 2. The van der Waals surface area contributed by atoms with E-state index in [2.05, 4.69) is 37.7 Å². The lowest BCUT2D eigenvalue weighted by molar-refractivity contribution is 0.0822. The van der Waals surface area contributed by atoms with Gasteiger partial charge in [0.15, 0.2) is 0 Å². The predicted octanol–water partition coefficient (Wildman–Crippen LogP) is 0.996. The van der Waals surface area contributed by atoms with E-state index >= 15 is 0 Å². The van der Waals surface area contributed by atoms with Crippen LogP contribution in [0.25, 0.3) is 0 Å². The molecule has 0 saturated carbocycles. The minimum absolute atomic E-state index is 0.529. The van der Waals surface area contributed by atoms with Gasteiger partial charge in [-0.2, -0.15) is 0 Å². The maximum absolute atomic E-state index is 5.86. The van der Waals surface area contributed by atoms with Gasteiger partial charge in [0.2, 0.25) is 0 Å². The van der Waals surface area contributed by atoms with E-state index in [1.807, 2.05) is 0 Å². The molecule has 0 amide bonds. The Morgan fingerprint density at radius 1 is 1.47 bits per heavy atom. The zero-order valence-corrected chi connectivity index (χ0v) is 10.7. The molecule has 1 heterocycles. The molecular weight excluding hydrogens is 186 g/mol. The van der Waals surface area contributed by atoms with E-state index in [1.165, 1.54) is 25.9 Å². The second-order valence-corrected chi connectivity index (χ2v) is 5.27. The van der Waals surface area contributed by atoms with E-state index in [-0.39, 0.29) is 0 Å². The summed E-state index contributed by atoms with van der Waals surface area (Å²) in [6.07, 6.45) is 2.64. The highest BCUT2D eigenvalue weighted by atomic mass is 15.2. The van der Waals surface area contributed by atoms with E-state index in [0.29, 0.717) is 18.0 Å². The van der Waals surface area contributed by atoms with Crippen molar-refractivity contribution in [3.05, 3.63) is 0 Å². The zero-order valence-electron chi connectivity index (χ0n) is 10.7. The van der Waals surface area contributed by atoms with Crippen molar-refractivity contribution in [3.8, 4) is 0 Å². The molecule has 2 unspecified atom stereocenters. The molecule has 90 valence electrons. The third kappa shape index (κ3) is 3.44. The topological polar surface area (TPSA) is 32.5 Å². The van der Waals surface area contributed by atoms with Crippen LogP contribution in [0.3, 0.4) is 0 Å². The van der Waals surface area contributed by atoms with Gasteiger partial charge in [-0.05, 0) is 39.4 Å². The first-order chi connectivity index (χ1) is 7.06. The highest BCUT2D eigenvalue weighted by Crippen LogP contribution is 2.18. The third-order valence-electron chi connectivity index (χ3n) is 3.71. The van der Waals surface area contributed by atoms with E-state index in [0.717, 1.165) is 6.54 Å². The first-order valence-corrected chi connectivity index (χ1v) is 6.16. The van der Waals surface area contributed by atoms with Crippen molar-refractivity contribution in [1.82, 2.24) is 9.80 Å². The molecule has 3 heteroatoms. The maximum Gasteiger partial charge on any atom is 0.0241 e. The van der Waals surface area contributed by atoms with Crippen molar-refractivity contribution >= 4 is 0 Å². The van der Waals surface area contributed by atoms with E-state index in [9.17, 15) is 0 Å². The Hall–Kier alpha value is -0.120. The SMILES string of the molecule is CC(C)C(CN)N(C)C1CCCN(C)C1. The van der Waals surface area contributed by atoms with Crippen LogP contribution in [0.4, 0.5) is 0 Å². The minimum atomic E-state index is 0.529. The monoisotopic (exact) mass is 213 g/mol. The molecule has 0 aromatic rings. The number of likely N-dealkylation sites (N-methyl/N-ethyl adjacent to an activating group) is 2. The smallest absolute Gasteiger partial charge is 0.0241 e. The molecule has 0 aromatic heterocycles. The normalized spacial score (nSPS) is 26.2. The summed E-state index contributed by atoms with van der Waals surface area (Å²) in [5.41, 5.74) is 5.86. The number of nitrogens with two attached hydrogens (primary N) is 1. The molecule has 1 aliphatic heterocycles. The minimum Gasteiger partial charge on any atom is -0.329 e. The zero-order chi connectivity index (χ0) is 11.4. The molecule has 1 saturated heterocycles. The molecule has 0 spiro atoms. The number of rotatable bonds is 4. The van der Waals surface area contributed by atoms with Crippen LogP contribution in [0.15, 0.2) is 0 Å². The Bertz CT molecular complexity index is 182.